The smallest absolute Gasteiger partial charge is 0.309 e. The highest BCUT2D eigenvalue weighted by Crippen LogP contribution is 2.28. The number of unbranched alkanes of at least 4 members (excludes halogenated alkanes) is 1. The molecule has 0 bridgehead atoms. The summed E-state index contributed by atoms with van der Waals surface area (Å²) in [6.45, 7) is 3.96. The highest BCUT2D eigenvalue weighted by atomic mass is 19.1. The molecule has 1 atom stereocenters. The van der Waals surface area contributed by atoms with Gasteiger partial charge in [-0.2, -0.15) is 0 Å². The molecule has 0 aliphatic heterocycles. The van der Waals surface area contributed by atoms with Gasteiger partial charge >= 0.3 is 5.97 Å². The van der Waals surface area contributed by atoms with Crippen molar-refractivity contribution in [1.82, 2.24) is 0 Å². The summed E-state index contributed by atoms with van der Waals surface area (Å²) >= 11 is 0. The molecular weight excluding hydrogens is 323 g/mol. The monoisotopic (exact) mass is 346 g/mol. The molecule has 0 aromatic heterocycles. The van der Waals surface area contributed by atoms with Crippen molar-refractivity contribution in [1.29, 1.82) is 0 Å². The number of aliphatic hydroxyl groups is 1. The van der Waals surface area contributed by atoms with E-state index in [-0.39, 0.29) is 12.2 Å². The molecular formula is C20H23FO4. The Hall–Kier alpha value is -2.40. The third kappa shape index (κ3) is 5.87. The van der Waals surface area contributed by atoms with E-state index in [0.717, 1.165) is 12.8 Å². The van der Waals surface area contributed by atoms with Gasteiger partial charge in [-0.3, -0.25) is 4.79 Å². The van der Waals surface area contributed by atoms with E-state index in [0.29, 0.717) is 23.7 Å². The minimum atomic E-state index is -1.32. The zero-order valence-corrected chi connectivity index (χ0v) is 14.5. The molecule has 0 saturated heterocycles. The van der Waals surface area contributed by atoms with Gasteiger partial charge in [-0.1, -0.05) is 25.5 Å². The lowest BCUT2D eigenvalue weighted by Gasteiger charge is -2.23. The number of ether oxygens (including phenoxy) is 2. The molecule has 134 valence electrons. The second-order valence-electron chi connectivity index (χ2n) is 6.11. The molecule has 0 aliphatic rings. The van der Waals surface area contributed by atoms with Crippen molar-refractivity contribution in [3.05, 3.63) is 59.9 Å². The molecule has 0 fully saturated rings. The first kappa shape index (κ1) is 18.9. The second-order valence-corrected chi connectivity index (χ2v) is 6.11. The van der Waals surface area contributed by atoms with Crippen molar-refractivity contribution in [3.8, 4) is 11.5 Å². The average Bonchev–Trinajstić information content (AvgIpc) is 2.57. The molecule has 1 unspecified atom stereocenters. The highest BCUT2D eigenvalue weighted by molar-refractivity contribution is 5.71. The third-order valence-corrected chi connectivity index (χ3v) is 3.78. The summed E-state index contributed by atoms with van der Waals surface area (Å²) in [5.74, 6) is 0.312. The predicted octanol–water partition coefficient (Wildman–Crippen LogP) is 4.56. The topological polar surface area (TPSA) is 55.8 Å². The summed E-state index contributed by atoms with van der Waals surface area (Å²) in [4.78, 5) is 11.8. The maximum atomic E-state index is 12.9. The zero-order valence-electron chi connectivity index (χ0n) is 14.5. The van der Waals surface area contributed by atoms with E-state index in [1.54, 1.807) is 31.2 Å². The van der Waals surface area contributed by atoms with Gasteiger partial charge < -0.3 is 14.6 Å². The number of halogens is 1. The van der Waals surface area contributed by atoms with Crippen molar-refractivity contribution in [2.75, 3.05) is 6.61 Å². The van der Waals surface area contributed by atoms with E-state index in [1.807, 2.05) is 6.92 Å². The minimum Gasteiger partial charge on any atom is -0.466 e. The van der Waals surface area contributed by atoms with E-state index in [1.165, 1.54) is 24.3 Å². The number of hydrogen-bond donors (Lipinski definition) is 1. The first-order valence-electron chi connectivity index (χ1n) is 8.32. The van der Waals surface area contributed by atoms with Gasteiger partial charge in [0.15, 0.2) is 0 Å². The minimum absolute atomic E-state index is 0.116. The van der Waals surface area contributed by atoms with Crippen molar-refractivity contribution in [3.63, 3.8) is 0 Å². The molecule has 0 radical (unpaired) electrons. The summed E-state index contributed by atoms with van der Waals surface area (Å²) in [6.07, 6.45) is 1.64. The Morgan fingerprint density at radius 3 is 2.20 bits per heavy atom. The Morgan fingerprint density at radius 2 is 1.64 bits per heavy atom. The van der Waals surface area contributed by atoms with Gasteiger partial charge in [0.2, 0.25) is 0 Å². The lowest BCUT2D eigenvalue weighted by molar-refractivity contribution is -0.149. The second kappa shape index (κ2) is 8.62. The first-order valence-corrected chi connectivity index (χ1v) is 8.32. The molecule has 0 amide bonds. The summed E-state index contributed by atoms with van der Waals surface area (Å²) in [5.41, 5.74) is -0.732. The Morgan fingerprint density at radius 1 is 1.08 bits per heavy atom. The average molecular weight is 346 g/mol. The van der Waals surface area contributed by atoms with Crippen molar-refractivity contribution >= 4 is 5.97 Å². The van der Waals surface area contributed by atoms with Crippen LogP contribution in [0.15, 0.2) is 48.5 Å². The van der Waals surface area contributed by atoms with Crippen LogP contribution in [0.4, 0.5) is 4.39 Å². The van der Waals surface area contributed by atoms with Gasteiger partial charge in [0.1, 0.15) is 17.3 Å². The number of hydrogen-bond acceptors (Lipinski definition) is 4. The Kier molecular flexibility index (Phi) is 6.53. The van der Waals surface area contributed by atoms with Crippen LogP contribution >= 0.6 is 0 Å². The van der Waals surface area contributed by atoms with E-state index < -0.39 is 11.6 Å². The van der Waals surface area contributed by atoms with Crippen LogP contribution in [0.2, 0.25) is 0 Å². The summed E-state index contributed by atoms with van der Waals surface area (Å²) in [7, 11) is 0. The number of carbonyl (C=O) groups excluding carboxylic acids is 1. The molecule has 2 aromatic carbocycles. The van der Waals surface area contributed by atoms with E-state index in [2.05, 4.69) is 0 Å². The van der Waals surface area contributed by atoms with Crippen LogP contribution in [-0.4, -0.2) is 17.7 Å². The lowest BCUT2D eigenvalue weighted by atomic mass is 9.92. The third-order valence-electron chi connectivity index (χ3n) is 3.78. The van der Waals surface area contributed by atoms with Crippen LogP contribution in [0.25, 0.3) is 0 Å². The maximum absolute atomic E-state index is 12.9. The molecule has 5 heteroatoms. The summed E-state index contributed by atoms with van der Waals surface area (Å²) in [5, 5.41) is 10.5. The number of esters is 1. The first-order chi connectivity index (χ1) is 11.9. The molecule has 25 heavy (non-hydrogen) atoms. The molecule has 0 spiro atoms. The van der Waals surface area contributed by atoms with E-state index in [9.17, 15) is 14.3 Å². The SMILES string of the molecule is CCCCOC(=O)CC(C)(O)c1ccc(Oc2ccc(F)cc2)cc1. The summed E-state index contributed by atoms with van der Waals surface area (Å²) in [6, 6.07) is 12.5. The van der Waals surface area contributed by atoms with Gasteiger partial charge in [-0.15, -0.1) is 0 Å². The Bertz CT molecular complexity index is 678. The van der Waals surface area contributed by atoms with E-state index in [4.69, 9.17) is 9.47 Å². The predicted molar refractivity (Wildman–Crippen MR) is 93.0 cm³/mol. The fourth-order valence-electron chi connectivity index (χ4n) is 2.29. The zero-order chi connectivity index (χ0) is 18.3. The molecule has 0 aliphatic carbocycles. The number of carbonyl (C=O) groups is 1. The number of benzene rings is 2. The molecule has 1 N–H and O–H groups in total. The molecule has 0 heterocycles. The quantitative estimate of drug-likeness (QED) is 0.562. The van der Waals surface area contributed by atoms with Crippen LogP contribution in [0.5, 0.6) is 11.5 Å². The summed E-state index contributed by atoms with van der Waals surface area (Å²) < 4.78 is 23.6. The Labute approximate surface area is 147 Å². The van der Waals surface area contributed by atoms with Gasteiger partial charge in [0, 0.05) is 0 Å². The van der Waals surface area contributed by atoms with Crippen molar-refractivity contribution in [2.45, 2.75) is 38.7 Å². The molecule has 0 saturated carbocycles. The normalized spacial score (nSPS) is 13.1. The van der Waals surface area contributed by atoms with Gasteiger partial charge in [-0.25, -0.2) is 4.39 Å². The van der Waals surface area contributed by atoms with Crippen LogP contribution in [0.3, 0.4) is 0 Å². The highest BCUT2D eigenvalue weighted by Gasteiger charge is 2.27. The standard InChI is InChI=1S/C20H23FO4/c1-3-4-13-24-19(22)14-20(2,23)15-5-9-17(10-6-15)25-18-11-7-16(21)8-12-18/h5-12,23H,3-4,13-14H2,1-2H3. The van der Waals surface area contributed by atoms with Crippen molar-refractivity contribution < 1.29 is 23.8 Å². The molecule has 2 aromatic rings. The van der Waals surface area contributed by atoms with Crippen LogP contribution in [0.1, 0.15) is 38.7 Å². The van der Waals surface area contributed by atoms with Gasteiger partial charge in [0.05, 0.1) is 18.6 Å². The Balaban J connectivity index is 1.97. The van der Waals surface area contributed by atoms with Crippen LogP contribution in [0, 0.1) is 5.82 Å². The number of rotatable bonds is 8. The largest absolute Gasteiger partial charge is 0.466 e. The van der Waals surface area contributed by atoms with Crippen LogP contribution in [-0.2, 0) is 15.1 Å². The fraction of sp³-hybridized carbons (Fsp3) is 0.350. The van der Waals surface area contributed by atoms with Crippen LogP contribution < -0.4 is 4.74 Å². The van der Waals surface area contributed by atoms with Gasteiger partial charge in [-0.05, 0) is 55.3 Å². The van der Waals surface area contributed by atoms with Gasteiger partial charge in [0.25, 0.3) is 0 Å². The maximum Gasteiger partial charge on any atom is 0.309 e. The van der Waals surface area contributed by atoms with Crippen molar-refractivity contribution in [2.24, 2.45) is 0 Å². The molecule has 4 nitrogen and oxygen atoms in total. The fourth-order valence-corrected chi connectivity index (χ4v) is 2.29. The van der Waals surface area contributed by atoms with E-state index >= 15 is 0 Å². The molecule has 2 rings (SSSR count). The lowest BCUT2D eigenvalue weighted by Crippen LogP contribution is -2.26.